The highest BCUT2D eigenvalue weighted by atomic mass is 16.6. The van der Waals surface area contributed by atoms with Gasteiger partial charge in [0.25, 0.3) is 5.69 Å². The Labute approximate surface area is 144 Å². The molecule has 0 aliphatic rings. The van der Waals surface area contributed by atoms with Gasteiger partial charge in [0, 0.05) is 18.1 Å². The number of amides is 1. The van der Waals surface area contributed by atoms with Crippen LogP contribution in [0, 0.1) is 10.1 Å². The van der Waals surface area contributed by atoms with Crippen molar-refractivity contribution in [2.75, 3.05) is 7.11 Å². The van der Waals surface area contributed by atoms with Crippen molar-refractivity contribution < 1.29 is 19.2 Å². The van der Waals surface area contributed by atoms with Gasteiger partial charge in [0.2, 0.25) is 5.91 Å². The Balaban J connectivity index is 2.13. The van der Waals surface area contributed by atoms with E-state index in [1.807, 2.05) is 18.2 Å². The highest BCUT2D eigenvalue weighted by molar-refractivity contribution is 5.85. The standard InChI is InChI=1S/C18H18N2O5/c1-25-18(22)15(12-14-9-5-6-10-16(14)20(23)24)19-17(21)11-13-7-3-2-4-8-13/h2-10,15H,11-12H2,1H3,(H,19,21)/t15-/m1/s1. The van der Waals surface area contributed by atoms with Crippen LogP contribution in [-0.2, 0) is 27.2 Å². The SMILES string of the molecule is COC(=O)[C@@H](Cc1ccccc1[N+](=O)[O-])NC(=O)Cc1ccccc1. The Morgan fingerprint density at radius 2 is 1.76 bits per heavy atom. The Kier molecular flexibility index (Phi) is 6.22. The van der Waals surface area contributed by atoms with Gasteiger partial charge in [-0.2, -0.15) is 0 Å². The molecular formula is C18H18N2O5. The minimum absolute atomic E-state index is 0.0235. The number of carbonyl (C=O) groups is 2. The summed E-state index contributed by atoms with van der Waals surface area (Å²) in [5, 5.41) is 13.7. The number of methoxy groups -OCH3 is 1. The van der Waals surface area contributed by atoms with Gasteiger partial charge >= 0.3 is 5.97 Å². The molecular weight excluding hydrogens is 324 g/mol. The molecule has 0 aliphatic heterocycles. The van der Waals surface area contributed by atoms with Crippen LogP contribution in [0.25, 0.3) is 0 Å². The molecule has 0 bridgehead atoms. The first-order valence-electron chi connectivity index (χ1n) is 7.64. The van der Waals surface area contributed by atoms with Crippen molar-refractivity contribution in [1.82, 2.24) is 5.32 Å². The average Bonchev–Trinajstić information content (AvgIpc) is 2.61. The zero-order chi connectivity index (χ0) is 18.2. The fourth-order valence-corrected chi connectivity index (χ4v) is 2.44. The maximum absolute atomic E-state index is 12.2. The van der Waals surface area contributed by atoms with E-state index < -0.39 is 16.9 Å². The maximum atomic E-state index is 12.2. The molecule has 0 aliphatic carbocycles. The summed E-state index contributed by atoms with van der Waals surface area (Å²) in [6.07, 6.45) is 0.0789. The van der Waals surface area contributed by atoms with Crippen LogP contribution >= 0.6 is 0 Å². The fourth-order valence-electron chi connectivity index (χ4n) is 2.44. The van der Waals surface area contributed by atoms with Crippen molar-refractivity contribution >= 4 is 17.6 Å². The summed E-state index contributed by atoms with van der Waals surface area (Å²) in [4.78, 5) is 34.8. The normalized spacial score (nSPS) is 11.4. The van der Waals surface area contributed by atoms with E-state index in [2.05, 4.69) is 5.32 Å². The summed E-state index contributed by atoms with van der Waals surface area (Å²) in [6.45, 7) is 0. The van der Waals surface area contributed by atoms with Crippen LogP contribution in [0.1, 0.15) is 11.1 Å². The minimum Gasteiger partial charge on any atom is -0.467 e. The third kappa shape index (κ3) is 5.13. The number of esters is 1. The second-order valence-corrected chi connectivity index (χ2v) is 5.40. The molecule has 25 heavy (non-hydrogen) atoms. The van der Waals surface area contributed by atoms with Gasteiger partial charge in [-0.1, -0.05) is 48.5 Å². The molecule has 130 valence electrons. The number of nitro benzene ring substituents is 1. The van der Waals surface area contributed by atoms with Crippen LogP contribution in [0.4, 0.5) is 5.69 Å². The number of hydrogen-bond donors (Lipinski definition) is 1. The van der Waals surface area contributed by atoms with Crippen LogP contribution in [0.5, 0.6) is 0 Å². The van der Waals surface area contributed by atoms with Gasteiger partial charge in [0.05, 0.1) is 18.5 Å². The van der Waals surface area contributed by atoms with Crippen molar-refractivity contribution in [3.05, 3.63) is 75.8 Å². The number of nitrogens with one attached hydrogen (secondary N) is 1. The molecule has 0 unspecified atom stereocenters. The van der Waals surface area contributed by atoms with Crippen LogP contribution in [0.3, 0.4) is 0 Å². The van der Waals surface area contributed by atoms with E-state index >= 15 is 0 Å². The predicted molar refractivity (Wildman–Crippen MR) is 90.9 cm³/mol. The molecule has 0 radical (unpaired) electrons. The van der Waals surface area contributed by atoms with Gasteiger partial charge in [-0.25, -0.2) is 4.79 Å². The molecule has 2 rings (SSSR count). The topological polar surface area (TPSA) is 98.5 Å². The first-order chi connectivity index (χ1) is 12.0. The number of ether oxygens (including phenoxy) is 1. The maximum Gasteiger partial charge on any atom is 0.328 e. The molecule has 1 amide bonds. The summed E-state index contributed by atoms with van der Waals surface area (Å²) in [6, 6.07) is 14.2. The highest BCUT2D eigenvalue weighted by Crippen LogP contribution is 2.19. The van der Waals surface area contributed by atoms with Crippen molar-refractivity contribution in [3.8, 4) is 0 Å². The van der Waals surface area contributed by atoms with Crippen molar-refractivity contribution in [3.63, 3.8) is 0 Å². The second-order valence-electron chi connectivity index (χ2n) is 5.40. The van der Waals surface area contributed by atoms with E-state index in [1.54, 1.807) is 30.3 Å². The summed E-state index contributed by atoms with van der Waals surface area (Å²) < 4.78 is 4.71. The quantitative estimate of drug-likeness (QED) is 0.472. The van der Waals surface area contributed by atoms with Gasteiger partial charge in [-0.3, -0.25) is 14.9 Å². The Morgan fingerprint density at radius 3 is 2.40 bits per heavy atom. The third-order valence-corrected chi connectivity index (χ3v) is 3.64. The van der Waals surface area contributed by atoms with E-state index in [-0.39, 0.29) is 24.4 Å². The first-order valence-corrected chi connectivity index (χ1v) is 7.64. The summed E-state index contributed by atoms with van der Waals surface area (Å²) in [7, 11) is 1.21. The smallest absolute Gasteiger partial charge is 0.328 e. The van der Waals surface area contributed by atoms with Crippen LogP contribution in [-0.4, -0.2) is 30.0 Å². The lowest BCUT2D eigenvalue weighted by Crippen LogP contribution is -2.43. The molecule has 1 N–H and O–H groups in total. The van der Waals surface area contributed by atoms with Crippen LogP contribution in [0.15, 0.2) is 54.6 Å². The minimum atomic E-state index is -0.998. The lowest BCUT2D eigenvalue weighted by atomic mass is 10.0. The number of hydrogen-bond acceptors (Lipinski definition) is 5. The second kappa shape index (κ2) is 8.58. The van der Waals surface area contributed by atoms with Gasteiger partial charge in [-0.15, -0.1) is 0 Å². The number of benzene rings is 2. The number of para-hydroxylation sites is 1. The van der Waals surface area contributed by atoms with Gasteiger partial charge in [0.1, 0.15) is 6.04 Å². The Bertz CT molecular complexity index is 761. The van der Waals surface area contributed by atoms with Crippen LogP contribution < -0.4 is 5.32 Å². The molecule has 0 saturated heterocycles. The van der Waals surface area contributed by atoms with E-state index in [4.69, 9.17) is 4.74 Å². The molecule has 1 atom stereocenters. The van der Waals surface area contributed by atoms with Gasteiger partial charge in [0.15, 0.2) is 0 Å². The molecule has 0 fully saturated rings. The lowest BCUT2D eigenvalue weighted by molar-refractivity contribution is -0.385. The number of nitrogens with zero attached hydrogens (tertiary/aromatic N) is 1. The number of nitro groups is 1. The van der Waals surface area contributed by atoms with Crippen LogP contribution in [0.2, 0.25) is 0 Å². The number of rotatable bonds is 7. The molecule has 7 nitrogen and oxygen atoms in total. The molecule has 2 aromatic carbocycles. The van der Waals surface area contributed by atoms with E-state index in [0.717, 1.165) is 5.56 Å². The molecule has 0 heterocycles. The number of carbonyl (C=O) groups excluding carboxylic acids is 2. The summed E-state index contributed by atoms with van der Waals surface area (Å²) in [5.41, 5.74) is 1.05. The molecule has 7 heteroatoms. The third-order valence-electron chi connectivity index (χ3n) is 3.64. The van der Waals surface area contributed by atoms with E-state index in [9.17, 15) is 19.7 Å². The van der Waals surface area contributed by atoms with Gasteiger partial charge < -0.3 is 10.1 Å². The largest absolute Gasteiger partial charge is 0.467 e. The van der Waals surface area contributed by atoms with E-state index in [1.165, 1.54) is 13.2 Å². The monoisotopic (exact) mass is 342 g/mol. The summed E-state index contributed by atoms with van der Waals surface area (Å²) >= 11 is 0. The average molecular weight is 342 g/mol. The molecule has 2 aromatic rings. The molecule has 0 spiro atoms. The first kappa shape index (κ1) is 18.1. The fraction of sp³-hybridized carbons (Fsp3) is 0.222. The molecule has 0 aromatic heterocycles. The van der Waals surface area contributed by atoms with E-state index in [0.29, 0.717) is 5.56 Å². The molecule has 0 saturated carbocycles. The zero-order valence-electron chi connectivity index (χ0n) is 13.7. The predicted octanol–water partition coefficient (Wildman–Crippen LogP) is 2.04. The van der Waals surface area contributed by atoms with Crippen molar-refractivity contribution in [2.45, 2.75) is 18.9 Å². The van der Waals surface area contributed by atoms with Crippen molar-refractivity contribution in [2.24, 2.45) is 0 Å². The van der Waals surface area contributed by atoms with Gasteiger partial charge in [-0.05, 0) is 5.56 Å². The lowest BCUT2D eigenvalue weighted by Gasteiger charge is -2.16. The Morgan fingerprint density at radius 1 is 1.12 bits per heavy atom. The zero-order valence-corrected chi connectivity index (χ0v) is 13.7. The Hall–Kier alpha value is -3.22. The highest BCUT2D eigenvalue weighted by Gasteiger charge is 2.25. The van der Waals surface area contributed by atoms with Crippen molar-refractivity contribution in [1.29, 1.82) is 0 Å². The summed E-state index contributed by atoms with van der Waals surface area (Å²) in [5.74, 6) is -1.01.